The molecule has 1 saturated heterocycles. The minimum Gasteiger partial charge on any atom is -0.377 e. The number of rotatable bonds is 2. The summed E-state index contributed by atoms with van der Waals surface area (Å²) in [7, 11) is 0. The van der Waals surface area contributed by atoms with Gasteiger partial charge in [-0.1, -0.05) is 6.07 Å². The van der Waals surface area contributed by atoms with Gasteiger partial charge in [-0.3, -0.25) is 0 Å². The normalized spacial score (nSPS) is 19.4. The van der Waals surface area contributed by atoms with E-state index in [0.717, 1.165) is 29.8 Å². The highest BCUT2D eigenvalue weighted by atomic mass is 79.9. The van der Waals surface area contributed by atoms with E-state index in [9.17, 15) is 0 Å². The molecule has 94 valence electrons. The molecule has 1 fully saturated rings. The number of anilines is 1. The monoisotopic (exact) mass is 317 g/mol. The van der Waals surface area contributed by atoms with E-state index >= 15 is 0 Å². The van der Waals surface area contributed by atoms with Crippen molar-refractivity contribution < 1.29 is 4.74 Å². The Kier molecular flexibility index (Phi) is 4.01. The number of hydrogen-bond acceptors (Lipinski definition) is 2. The number of ether oxygens (including phenoxy) is 1. The fourth-order valence-corrected chi connectivity index (χ4v) is 2.96. The summed E-state index contributed by atoms with van der Waals surface area (Å²) < 4.78 is 6.65. The van der Waals surface area contributed by atoms with Crippen molar-refractivity contribution in [1.82, 2.24) is 0 Å². The molecule has 1 aliphatic rings. The van der Waals surface area contributed by atoms with Crippen LogP contribution in [0.2, 0.25) is 0 Å². The lowest BCUT2D eigenvalue weighted by Gasteiger charge is -2.44. The number of alkyl halides is 1. The maximum Gasteiger partial charge on any atom is 0.0694 e. The van der Waals surface area contributed by atoms with Gasteiger partial charge < -0.3 is 9.64 Å². The van der Waals surface area contributed by atoms with Crippen molar-refractivity contribution >= 4 is 33.2 Å². The van der Waals surface area contributed by atoms with Gasteiger partial charge in [-0.15, -0.1) is 11.6 Å². The van der Waals surface area contributed by atoms with Crippen molar-refractivity contribution in [3.05, 3.63) is 28.2 Å². The first-order valence-electron chi connectivity index (χ1n) is 5.74. The van der Waals surface area contributed by atoms with E-state index in [0.29, 0.717) is 5.88 Å². The molecule has 17 heavy (non-hydrogen) atoms. The van der Waals surface area contributed by atoms with Gasteiger partial charge in [0.25, 0.3) is 0 Å². The van der Waals surface area contributed by atoms with Crippen LogP contribution in [0, 0.1) is 0 Å². The van der Waals surface area contributed by atoms with E-state index in [1.807, 2.05) is 0 Å². The summed E-state index contributed by atoms with van der Waals surface area (Å²) in [6.07, 6.45) is 0. The Bertz CT molecular complexity index is 408. The van der Waals surface area contributed by atoms with Gasteiger partial charge in [0.05, 0.1) is 24.4 Å². The average molecular weight is 319 g/mol. The predicted octanol–water partition coefficient (Wildman–Crippen LogP) is 3.80. The van der Waals surface area contributed by atoms with Crippen molar-refractivity contribution in [1.29, 1.82) is 0 Å². The Morgan fingerprint density at radius 1 is 1.47 bits per heavy atom. The van der Waals surface area contributed by atoms with Crippen molar-refractivity contribution in [2.24, 2.45) is 0 Å². The Morgan fingerprint density at radius 2 is 2.24 bits per heavy atom. The smallest absolute Gasteiger partial charge is 0.0694 e. The molecule has 0 atom stereocenters. The highest BCUT2D eigenvalue weighted by Crippen LogP contribution is 2.33. The van der Waals surface area contributed by atoms with Crippen LogP contribution in [0.25, 0.3) is 0 Å². The molecule has 1 aromatic rings. The zero-order chi connectivity index (χ0) is 12.5. The molecule has 0 spiro atoms. The molecule has 1 aromatic carbocycles. The molecule has 0 saturated carbocycles. The van der Waals surface area contributed by atoms with Crippen LogP contribution in [0.5, 0.6) is 0 Å². The molecule has 2 rings (SSSR count). The molecule has 0 bridgehead atoms. The topological polar surface area (TPSA) is 12.5 Å². The minimum atomic E-state index is 0.0310. The van der Waals surface area contributed by atoms with Gasteiger partial charge in [0.15, 0.2) is 0 Å². The summed E-state index contributed by atoms with van der Waals surface area (Å²) >= 11 is 9.47. The molecule has 0 radical (unpaired) electrons. The molecular formula is C13H17BrClNO. The van der Waals surface area contributed by atoms with Crippen LogP contribution in [-0.4, -0.2) is 25.3 Å². The van der Waals surface area contributed by atoms with Gasteiger partial charge in [0.2, 0.25) is 0 Å². The van der Waals surface area contributed by atoms with Crippen LogP contribution in [0.15, 0.2) is 22.7 Å². The first-order valence-corrected chi connectivity index (χ1v) is 7.07. The first kappa shape index (κ1) is 13.2. The molecule has 4 heteroatoms. The number of hydrogen-bond donors (Lipinski definition) is 0. The van der Waals surface area contributed by atoms with Gasteiger partial charge in [-0.25, -0.2) is 0 Å². The molecule has 0 unspecified atom stereocenters. The lowest BCUT2D eigenvalue weighted by atomic mass is 10.0. The summed E-state index contributed by atoms with van der Waals surface area (Å²) in [5.41, 5.74) is 2.38. The Morgan fingerprint density at radius 3 is 2.82 bits per heavy atom. The van der Waals surface area contributed by atoms with Crippen LogP contribution in [0.1, 0.15) is 19.4 Å². The van der Waals surface area contributed by atoms with Crippen molar-refractivity contribution in [3.8, 4) is 0 Å². The molecule has 0 aromatic heterocycles. The summed E-state index contributed by atoms with van der Waals surface area (Å²) in [5, 5.41) is 0. The van der Waals surface area contributed by atoms with Crippen LogP contribution in [0.3, 0.4) is 0 Å². The third-order valence-electron chi connectivity index (χ3n) is 3.10. The second-order valence-electron chi connectivity index (χ2n) is 4.94. The molecule has 1 heterocycles. The third-order valence-corrected chi connectivity index (χ3v) is 4.05. The SMILES string of the molecule is CC1(C)COCCN1c1ccc(CCl)cc1Br. The van der Waals surface area contributed by atoms with Crippen molar-refractivity contribution in [2.45, 2.75) is 25.3 Å². The van der Waals surface area contributed by atoms with E-state index in [1.165, 1.54) is 5.69 Å². The van der Waals surface area contributed by atoms with Crippen LogP contribution >= 0.6 is 27.5 Å². The number of halogens is 2. The standard InChI is InChI=1S/C13H17BrClNO/c1-13(2)9-17-6-5-16(13)12-4-3-10(8-15)7-11(12)14/h3-4,7H,5-6,8-9H2,1-2H3. The predicted molar refractivity (Wildman–Crippen MR) is 75.9 cm³/mol. The van der Waals surface area contributed by atoms with Gasteiger partial charge in [-0.05, 0) is 47.5 Å². The van der Waals surface area contributed by atoms with Gasteiger partial charge in [0.1, 0.15) is 0 Å². The Hall–Kier alpha value is -0.250. The van der Waals surface area contributed by atoms with E-state index in [1.54, 1.807) is 0 Å². The van der Waals surface area contributed by atoms with Crippen LogP contribution in [0.4, 0.5) is 5.69 Å². The average Bonchev–Trinajstić information content (AvgIpc) is 2.29. The van der Waals surface area contributed by atoms with E-state index in [4.69, 9.17) is 16.3 Å². The Labute approximate surface area is 116 Å². The highest BCUT2D eigenvalue weighted by Gasteiger charge is 2.31. The number of nitrogens with zero attached hydrogens (tertiary/aromatic N) is 1. The van der Waals surface area contributed by atoms with Crippen LogP contribution < -0.4 is 4.90 Å². The van der Waals surface area contributed by atoms with Crippen molar-refractivity contribution in [3.63, 3.8) is 0 Å². The maximum atomic E-state index is 5.84. The fourth-order valence-electron chi connectivity index (χ4n) is 2.16. The lowest BCUT2D eigenvalue weighted by molar-refractivity contribution is 0.0643. The summed E-state index contributed by atoms with van der Waals surface area (Å²) in [6, 6.07) is 6.31. The summed E-state index contributed by atoms with van der Waals surface area (Å²) in [5.74, 6) is 0.547. The number of morpholine rings is 1. The quantitative estimate of drug-likeness (QED) is 0.769. The maximum absolute atomic E-state index is 5.84. The van der Waals surface area contributed by atoms with E-state index in [-0.39, 0.29) is 5.54 Å². The molecular weight excluding hydrogens is 302 g/mol. The van der Waals surface area contributed by atoms with Crippen LogP contribution in [-0.2, 0) is 10.6 Å². The first-order chi connectivity index (χ1) is 8.04. The largest absolute Gasteiger partial charge is 0.377 e. The number of benzene rings is 1. The zero-order valence-electron chi connectivity index (χ0n) is 10.2. The summed E-state index contributed by atoms with van der Waals surface area (Å²) in [6.45, 7) is 6.87. The second kappa shape index (κ2) is 5.17. The van der Waals surface area contributed by atoms with E-state index in [2.05, 4.69) is 52.9 Å². The van der Waals surface area contributed by atoms with Crippen molar-refractivity contribution in [2.75, 3.05) is 24.7 Å². The highest BCUT2D eigenvalue weighted by molar-refractivity contribution is 9.10. The van der Waals surface area contributed by atoms with E-state index < -0.39 is 0 Å². The lowest BCUT2D eigenvalue weighted by Crippen LogP contribution is -2.53. The van der Waals surface area contributed by atoms with Gasteiger partial charge in [0, 0.05) is 16.9 Å². The molecule has 1 aliphatic heterocycles. The molecule has 0 N–H and O–H groups in total. The minimum absolute atomic E-state index is 0.0310. The summed E-state index contributed by atoms with van der Waals surface area (Å²) in [4.78, 5) is 2.39. The van der Waals surface area contributed by atoms with Gasteiger partial charge in [-0.2, -0.15) is 0 Å². The fraction of sp³-hybridized carbons (Fsp3) is 0.538. The third kappa shape index (κ3) is 2.78. The molecule has 0 amide bonds. The molecule has 0 aliphatic carbocycles. The zero-order valence-corrected chi connectivity index (χ0v) is 12.5. The second-order valence-corrected chi connectivity index (χ2v) is 6.06. The molecule has 2 nitrogen and oxygen atoms in total. The van der Waals surface area contributed by atoms with Gasteiger partial charge >= 0.3 is 0 Å². The Balaban J connectivity index is 2.32.